The molecule has 7 heteroatoms. The molecule has 25 heavy (non-hydrogen) atoms. The highest BCUT2D eigenvalue weighted by molar-refractivity contribution is 7.15. The van der Waals surface area contributed by atoms with Gasteiger partial charge < -0.3 is 14.2 Å². The molecule has 2 aromatic heterocycles. The number of rotatable bonds is 4. The van der Waals surface area contributed by atoms with E-state index >= 15 is 0 Å². The predicted molar refractivity (Wildman–Crippen MR) is 92.1 cm³/mol. The number of ether oxygens (including phenoxy) is 3. The number of thiophene rings is 1. The van der Waals surface area contributed by atoms with Gasteiger partial charge in [-0.2, -0.15) is 4.98 Å². The second-order valence-corrected chi connectivity index (χ2v) is 7.35. The molecule has 0 saturated carbocycles. The van der Waals surface area contributed by atoms with E-state index in [1.54, 1.807) is 15.9 Å². The minimum absolute atomic E-state index is 0.120. The van der Waals surface area contributed by atoms with Crippen LogP contribution in [0.15, 0.2) is 16.9 Å². The van der Waals surface area contributed by atoms with Crippen LogP contribution in [0.5, 0.6) is 5.88 Å². The average molecular weight is 356 g/mol. The lowest BCUT2D eigenvalue weighted by atomic mass is 10.1. The highest BCUT2D eigenvalue weighted by atomic mass is 32.1. The first-order valence-electron chi connectivity index (χ1n) is 8.36. The Balaban J connectivity index is 1.43. The highest BCUT2D eigenvalue weighted by Gasteiger charge is 2.25. The number of aromatic nitrogens is 2. The summed E-state index contributed by atoms with van der Waals surface area (Å²) in [5.74, 6) is 6.76. The van der Waals surface area contributed by atoms with E-state index in [4.69, 9.17) is 14.2 Å². The molecule has 0 radical (unpaired) electrons. The SMILES string of the molecule is O=c1nc(OC[C@@H]2COCCO2)cc2n1CCc1cc(C3C#C3)sc1-2. The van der Waals surface area contributed by atoms with Crippen molar-refractivity contribution in [3.05, 3.63) is 33.1 Å². The molecule has 1 saturated heterocycles. The number of hydrogen-bond donors (Lipinski definition) is 0. The van der Waals surface area contributed by atoms with Crippen LogP contribution in [0.3, 0.4) is 0 Å². The van der Waals surface area contributed by atoms with Crippen molar-refractivity contribution >= 4 is 11.3 Å². The van der Waals surface area contributed by atoms with Gasteiger partial charge in [0, 0.05) is 17.5 Å². The van der Waals surface area contributed by atoms with Crippen LogP contribution in [-0.4, -0.2) is 42.1 Å². The van der Waals surface area contributed by atoms with Crippen molar-refractivity contribution < 1.29 is 14.2 Å². The molecule has 2 aromatic rings. The van der Waals surface area contributed by atoms with Gasteiger partial charge in [-0.25, -0.2) is 4.79 Å². The predicted octanol–water partition coefficient (Wildman–Crippen LogP) is 1.42. The maximum Gasteiger partial charge on any atom is 0.351 e. The maximum atomic E-state index is 12.4. The van der Waals surface area contributed by atoms with Gasteiger partial charge in [0.25, 0.3) is 0 Å². The van der Waals surface area contributed by atoms with Gasteiger partial charge in [-0.05, 0) is 18.1 Å². The van der Waals surface area contributed by atoms with Gasteiger partial charge in [0.2, 0.25) is 5.88 Å². The van der Waals surface area contributed by atoms with Crippen LogP contribution in [0.25, 0.3) is 10.6 Å². The molecule has 3 aliphatic rings. The van der Waals surface area contributed by atoms with E-state index < -0.39 is 0 Å². The van der Waals surface area contributed by atoms with Crippen molar-refractivity contribution in [2.45, 2.75) is 25.0 Å². The summed E-state index contributed by atoms with van der Waals surface area (Å²) in [5.41, 5.74) is 1.89. The van der Waals surface area contributed by atoms with Crippen molar-refractivity contribution in [2.75, 3.05) is 26.4 Å². The first-order chi connectivity index (χ1) is 12.3. The monoisotopic (exact) mass is 356 g/mol. The van der Waals surface area contributed by atoms with E-state index in [1.165, 1.54) is 10.4 Å². The molecule has 2 aliphatic heterocycles. The van der Waals surface area contributed by atoms with E-state index in [0.717, 1.165) is 17.0 Å². The minimum atomic E-state index is -0.267. The van der Waals surface area contributed by atoms with E-state index in [2.05, 4.69) is 22.9 Å². The van der Waals surface area contributed by atoms with Crippen LogP contribution in [0.2, 0.25) is 0 Å². The number of nitrogens with zero attached hydrogens (tertiary/aromatic N) is 2. The second kappa shape index (κ2) is 5.99. The summed E-state index contributed by atoms with van der Waals surface area (Å²) in [7, 11) is 0. The van der Waals surface area contributed by atoms with Crippen molar-refractivity contribution in [1.29, 1.82) is 0 Å². The van der Waals surface area contributed by atoms with Gasteiger partial charge in [0.05, 0.1) is 30.4 Å². The molecule has 5 rings (SSSR count). The third-order valence-corrected chi connectivity index (χ3v) is 5.79. The molecular weight excluding hydrogens is 340 g/mol. The molecule has 0 unspecified atom stereocenters. The summed E-state index contributed by atoms with van der Waals surface area (Å²) in [5, 5.41) is 0. The van der Waals surface area contributed by atoms with Gasteiger partial charge in [-0.15, -0.1) is 11.3 Å². The quantitative estimate of drug-likeness (QED) is 0.776. The molecule has 6 nitrogen and oxygen atoms in total. The van der Waals surface area contributed by atoms with Crippen LogP contribution < -0.4 is 10.4 Å². The largest absolute Gasteiger partial charge is 0.475 e. The normalized spacial score (nSPS) is 21.0. The Hall–Kier alpha value is -2.14. The van der Waals surface area contributed by atoms with Gasteiger partial charge in [-0.1, -0.05) is 11.8 Å². The lowest BCUT2D eigenvalue weighted by Crippen LogP contribution is -2.34. The van der Waals surface area contributed by atoms with Crippen LogP contribution in [0.4, 0.5) is 0 Å². The zero-order chi connectivity index (χ0) is 16.8. The first-order valence-corrected chi connectivity index (χ1v) is 9.17. The fraction of sp³-hybridized carbons (Fsp3) is 0.444. The van der Waals surface area contributed by atoms with Gasteiger partial charge in [0.15, 0.2) is 0 Å². The molecule has 4 heterocycles. The summed E-state index contributed by atoms with van der Waals surface area (Å²) in [6.45, 7) is 2.66. The minimum Gasteiger partial charge on any atom is -0.475 e. The number of aryl methyl sites for hydroxylation is 1. The Morgan fingerprint density at radius 3 is 3.08 bits per heavy atom. The fourth-order valence-electron chi connectivity index (χ4n) is 3.19. The topological polar surface area (TPSA) is 62.6 Å². The first kappa shape index (κ1) is 15.1. The fourth-order valence-corrected chi connectivity index (χ4v) is 4.42. The summed E-state index contributed by atoms with van der Waals surface area (Å²) in [6, 6.07) is 4.07. The Kier molecular flexibility index (Phi) is 3.63. The van der Waals surface area contributed by atoms with Crippen molar-refractivity contribution in [2.24, 2.45) is 0 Å². The molecule has 0 N–H and O–H groups in total. The van der Waals surface area contributed by atoms with Crippen LogP contribution >= 0.6 is 11.3 Å². The molecule has 1 atom stereocenters. The van der Waals surface area contributed by atoms with Crippen LogP contribution in [0.1, 0.15) is 16.4 Å². The van der Waals surface area contributed by atoms with E-state index in [9.17, 15) is 4.79 Å². The Morgan fingerprint density at radius 1 is 1.36 bits per heavy atom. The molecule has 0 aromatic carbocycles. The van der Waals surface area contributed by atoms with Crippen molar-refractivity contribution in [3.8, 4) is 28.3 Å². The summed E-state index contributed by atoms with van der Waals surface area (Å²) < 4.78 is 18.4. The third-order valence-electron chi connectivity index (χ3n) is 4.53. The Morgan fingerprint density at radius 2 is 2.28 bits per heavy atom. The molecular formula is C18H16N2O4S. The van der Waals surface area contributed by atoms with E-state index in [0.29, 0.717) is 38.9 Å². The molecule has 0 amide bonds. The second-order valence-electron chi connectivity index (χ2n) is 6.27. The van der Waals surface area contributed by atoms with Crippen molar-refractivity contribution in [1.82, 2.24) is 9.55 Å². The molecule has 1 aliphatic carbocycles. The standard InChI is InChI=1S/C18H16N2O4S/c21-18-19-16(24-10-13-9-22-5-6-23-13)8-14-17-12(3-4-20(14)18)7-15(25-17)11-1-2-11/h7-8,11,13H,3-6,9-10H2/t13-/m0/s1. The van der Waals surface area contributed by atoms with E-state index in [1.807, 2.05) is 6.07 Å². The van der Waals surface area contributed by atoms with Crippen LogP contribution in [0, 0.1) is 11.8 Å². The lowest BCUT2D eigenvalue weighted by molar-refractivity contribution is -0.102. The molecule has 128 valence electrons. The smallest absolute Gasteiger partial charge is 0.351 e. The number of hydrogen-bond acceptors (Lipinski definition) is 6. The highest BCUT2D eigenvalue weighted by Crippen LogP contribution is 2.40. The van der Waals surface area contributed by atoms with Gasteiger partial charge in [0.1, 0.15) is 18.6 Å². The van der Waals surface area contributed by atoms with Crippen molar-refractivity contribution in [3.63, 3.8) is 0 Å². The zero-order valence-corrected chi connectivity index (χ0v) is 14.3. The Labute approximate surface area is 148 Å². The van der Waals surface area contributed by atoms with Gasteiger partial charge >= 0.3 is 5.69 Å². The Bertz CT molecular complexity index is 938. The van der Waals surface area contributed by atoms with Gasteiger partial charge in [-0.3, -0.25) is 4.57 Å². The van der Waals surface area contributed by atoms with Crippen LogP contribution in [-0.2, 0) is 22.4 Å². The summed E-state index contributed by atoms with van der Waals surface area (Å²) >= 11 is 1.70. The third kappa shape index (κ3) is 2.86. The zero-order valence-electron chi connectivity index (χ0n) is 13.5. The number of fused-ring (bicyclic) bond motifs is 3. The molecule has 1 fully saturated rings. The maximum absolute atomic E-state index is 12.4. The molecule has 0 spiro atoms. The summed E-state index contributed by atoms with van der Waals surface area (Å²) in [6.07, 6.45) is 0.728. The summed E-state index contributed by atoms with van der Waals surface area (Å²) in [4.78, 5) is 18.8. The van der Waals surface area contributed by atoms with E-state index in [-0.39, 0.29) is 17.7 Å². The average Bonchev–Trinajstić information content (AvgIpc) is 3.39. The lowest BCUT2D eigenvalue weighted by Gasteiger charge is -2.23. The molecule has 0 bridgehead atoms.